The molecule has 0 heterocycles. The predicted octanol–water partition coefficient (Wildman–Crippen LogP) is 5.41. The van der Waals surface area contributed by atoms with Crippen LogP contribution in [0.15, 0.2) is 60.7 Å². The van der Waals surface area contributed by atoms with Gasteiger partial charge in [0.15, 0.2) is 0 Å². The van der Waals surface area contributed by atoms with E-state index < -0.39 is 0 Å². The van der Waals surface area contributed by atoms with Gasteiger partial charge >= 0.3 is 0 Å². The van der Waals surface area contributed by atoms with Crippen LogP contribution in [0.25, 0.3) is 12.2 Å². The molecule has 1 aromatic rings. The molecule has 0 heteroatoms. The summed E-state index contributed by atoms with van der Waals surface area (Å²) in [7, 11) is 0. The van der Waals surface area contributed by atoms with Crippen LogP contribution in [0.4, 0.5) is 0 Å². The maximum atomic E-state index is 3.08. The van der Waals surface area contributed by atoms with Gasteiger partial charge in [0.1, 0.15) is 0 Å². The van der Waals surface area contributed by atoms with E-state index in [0.717, 1.165) is 25.7 Å². The molecule has 0 nitrogen and oxygen atoms in total. The second-order valence-electron chi connectivity index (χ2n) is 4.88. The maximum Gasteiger partial charge on any atom is 0.0134 e. The molecule has 1 aliphatic carbocycles. The summed E-state index contributed by atoms with van der Waals surface area (Å²) in [5, 5.41) is 0. The highest BCUT2D eigenvalue weighted by Gasteiger charge is 1.92. The van der Waals surface area contributed by atoms with Gasteiger partial charge in [0.25, 0.3) is 0 Å². The molecule has 0 radical (unpaired) electrons. The minimum absolute atomic E-state index is 0.859. The fourth-order valence-electron chi connectivity index (χ4n) is 2.01. The van der Waals surface area contributed by atoms with Crippen molar-refractivity contribution in [2.45, 2.75) is 25.7 Å². The van der Waals surface area contributed by atoms with E-state index in [4.69, 9.17) is 0 Å². The monoisotopic (exact) mass is 284 g/mol. The average molecular weight is 284 g/mol. The van der Waals surface area contributed by atoms with Crippen LogP contribution in [0.5, 0.6) is 0 Å². The summed E-state index contributed by atoms with van der Waals surface area (Å²) in [6.45, 7) is 0. The summed E-state index contributed by atoms with van der Waals surface area (Å²) in [5.41, 5.74) is 2.45. The number of hydrogen-bond donors (Lipinski definition) is 0. The normalized spacial score (nSPS) is 20.5. The van der Waals surface area contributed by atoms with Crippen LogP contribution in [0.2, 0.25) is 0 Å². The highest BCUT2D eigenvalue weighted by Crippen LogP contribution is 2.13. The summed E-state index contributed by atoms with van der Waals surface area (Å²) in [6.07, 6.45) is 20.5. The molecule has 0 amide bonds. The van der Waals surface area contributed by atoms with Crippen molar-refractivity contribution in [3.8, 4) is 23.7 Å². The maximum absolute atomic E-state index is 3.08. The molecule has 0 aliphatic heterocycles. The van der Waals surface area contributed by atoms with Gasteiger partial charge < -0.3 is 0 Å². The van der Waals surface area contributed by atoms with Crippen LogP contribution in [0.1, 0.15) is 36.8 Å². The Labute approximate surface area is 134 Å². The molecule has 0 atom stereocenters. The molecule has 0 N–H and O–H groups in total. The largest absolute Gasteiger partial charge is 0.0888 e. The van der Waals surface area contributed by atoms with E-state index in [1.54, 1.807) is 0 Å². The highest BCUT2D eigenvalue weighted by molar-refractivity contribution is 5.66. The van der Waals surface area contributed by atoms with Crippen LogP contribution in [0, 0.1) is 23.7 Å². The van der Waals surface area contributed by atoms with E-state index in [1.807, 2.05) is 0 Å². The zero-order valence-corrected chi connectivity index (χ0v) is 12.8. The van der Waals surface area contributed by atoms with Gasteiger partial charge in [-0.25, -0.2) is 0 Å². The molecule has 0 saturated carbocycles. The molecule has 1 aliphatic rings. The zero-order chi connectivity index (χ0) is 15.3. The first-order valence-electron chi connectivity index (χ1n) is 7.68. The van der Waals surface area contributed by atoms with Gasteiger partial charge in [0.2, 0.25) is 0 Å². The number of hydrogen-bond acceptors (Lipinski definition) is 0. The van der Waals surface area contributed by atoms with Crippen molar-refractivity contribution in [2.75, 3.05) is 0 Å². The molecule has 22 heavy (non-hydrogen) atoms. The quantitative estimate of drug-likeness (QED) is 0.559. The van der Waals surface area contributed by atoms with Crippen molar-refractivity contribution in [1.29, 1.82) is 0 Å². The highest BCUT2D eigenvalue weighted by atomic mass is 14.0. The lowest BCUT2D eigenvalue weighted by Gasteiger charge is -1.99. The van der Waals surface area contributed by atoms with E-state index in [-0.39, 0.29) is 0 Å². The van der Waals surface area contributed by atoms with Gasteiger partial charge in [-0.2, -0.15) is 0 Å². The predicted molar refractivity (Wildman–Crippen MR) is 96.8 cm³/mol. The van der Waals surface area contributed by atoms with E-state index >= 15 is 0 Å². The Kier molecular flexibility index (Phi) is 7.19. The Morgan fingerprint density at radius 2 is 1.14 bits per heavy atom. The molecular formula is C22H20. The third kappa shape index (κ3) is 6.17. The third-order valence-electron chi connectivity index (χ3n) is 3.15. The molecule has 2 rings (SSSR count). The standard InChI is InChI=1S/C22H20/c1-2-4-6-8-10-12-14-18-22-20-16-15-19-21(22)17-13-11-9-7-5-3-1/h9-20H,5-8H2/b11-9+,12-10+,17-13+,18-14+. The van der Waals surface area contributed by atoms with Crippen LogP contribution in [-0.2, 0) is 0 Å². The van der Waals surface area contributed by atoms with Crippen LogP contribution in [-0.4, -0.2) is 0 Å². The average Bonchev–Trinajstić information content (AvgIpc) is 2.55. The van der Waals surface area contributed by atoms with Crippen molar-refractivity contribution < 1.29 is 0 Å². The second kappa shape index (κ2) is 10.1. The third-order valence-corrected chi connectivity index (χ3v) is 3.15. The van der Waals surface area contributed by atoms with Crippen molar-refractivity contribution >= 4 is 12.2 Å². The number of allylic oxidation sites excluding steroid dienone is 6. The summed E-state index contributed by atoms with van der Waals surface area (Å²) in [5.74, 6) is 12.0. The van der Waals surface area contributed by atoms with Gasteiger partial charge in [-0.15, -0.1) is 0 Å². The van der Waals surface area contributed by atoms with Crippen molar-refractivity contribution in [3.63, 3.8) is 0 Å². The van der Waals surface area contributed by atoms with Crippen molar-refractivity contribution in [2.24, 2.45) is 0 Å². The molecule has 0 spiro atoms. The molecule has 0 saturated heterocycles. The van der Waals surface area contributed by atoms with Crippen molar-refractivity contribution in [1.82, 2.24) is 0 Å². The Balaban J connectivity index is 2.15. The topological polar surface area (TPSA) is 0 Å². The molecule has 108 valence electrons. The second-order valence-corrected chi connectivity index (χ2v) is 4.88. The summed E-state index contributed by atoms with van der Waals surface area (Å²) in [4.78, 5) is 0. The Bertz CT molecular complexity index is 641. The summed E-state index contributed by atoms with van der Waals surface area (Å²) >= 11 is 0. The Morgan fingerprint density at radius 3 is 1.64 bits per heavy atom. The van der Waals surface area contributed by atoms with Gasteiger partial charge in [-0.3, -0.25) is 0 Å². The molecular weight excluding hydrogens is 264 g/mol. The number of fused-ring (bicyclic) bond motifs is 1. The summed E-state index contributed by atoms with van der Waals surface area (Å²) < 4.78 is 0. The van der Waals surface area contributed by atoms with Crippen LogP contribution >= 0.6 is 0 Å². The van der Waals surface area contributed by atoms with Gasteiger partial charge in [-0.05, 0) is 35.8 Å². The van der Waals surface area contributed by atoms with Crippen LogP contribution in [0.3, 0.4) is 0 Å². The smallest absolute Gasteiger partial charge is 0.0134 e. The van der Waals surface area contributed by atoms with E-state index in [0.29, 0.717) is 0 Å². The fraction of sp³-hybridized carbons (Fsp3) is 0.182. The Hall–Kier alpha value is -2.70. The summed E-state index contributed by atoms with van der Waals surface area (Å²) in [6, 6.07) is 8.40. The van der Waals surface area contributed by atoms with Crippen molar-refractivity contribution in [3.05, 3.63) is 71.8 Å². The molecule has 1 aromatic carbocycles. The lowest BCUT2D eigenvalue weighted by Crippen LogP contribution is -1.78. The van der Waals surface area contributed by atoms with Crippen LogP contribution < -0.4 is 0 Å². The number of benzene rings is 1. The van der Waals surface area contributed by atoms with E-state index in [1.165, 1.54) is 11.1 Å². The van der Waals surface area contributed by atoms with E-state index in [9.17, 15) is 0 Å². The molecule has 0 bridgehead atoms. The number of rotatable bonds is 0. The first kappa shape index (κ1) is 15.7. The molecule has 0 unspecified atom stereocenters. The zero-order valence-electron chi connectivity index (χ0n) is 12.8. The fourth-order valence-corrected chi connectivity index (χ4v) is 2.01. The first-order chi connectivity index (χ1) is 11.0. The molecule has 0 fully saturated rings. The van der Waals surface area contributed by atoms with Gasteiger partial charge in [0, 0.05) is 12.8 Å². The van der Waals surface area contributed by atoms with Gasteiger partial charge in [-0.1, -0.05) is 84.7 Å². The molecule has 0 aromatic heterocycles. The van der Waals surface area contributed by atoms with Gasteiger partial charge in [0.05, 0.1) is 0 Å². The lowest BCUT2D eigenvalue weighted by molar-refractivity contribution is 1.08. The first-order valence-corrected chi connectivity index (χ1v) is 7.68. The SMILES string of the molecule is C1#CCC/C=C/C=C/c2ccccc2/C=C/C=C/CCC#C1. The minimum Gasteiger partial charge on any atom is -0.0888 e. The minimum atomic E-state index is 0.859. The Morgan fingerprint density at radius 1 is 0.636 bits per heavy atom. The lowest BCUT2D eigenvalue weighted by atomic mass is 10.1. The van der Waals surface area contributed by atoms with E-state index in [2.05, 4.69) is 96.6 Å².